The van der Waals surface area contributed by atoms with E-state index in [0.717, 1.165) is 58.0 Å². The Labute approximate surface area is 175 Å². The lowest BCUT2D eigenvalue weighted by molar-refractivity contribution is -0.134. The number of nitrogens with zero attached hydrogens (tertiary/aromatic N) is 4. The Morgan fingerprint density at radius 3 is 2.30 bits per heavy atom. The van der Waals surface area contributed by atoms with Crippen molar-refractivity contribution in [3.8, 4) is 5.88 Å². The fourth-order valence-corrected chi connectivity index (χ4v) is 3.36. The molecular formula is C20H30N4O6. The first kappa shape index (κ1) is 23.4. The van der Waals surface area contributed by atoms with E-state index in [1.54, 1.807) is 6.92 Å². The Balaban J connectivity index is 0.000000343. The quantitative estimate of drug-likeness (QED) is 0.490. The lowest BCUT2D eigenvalue weighted by atomic mass is 10.1. The van der Waals surface area contributed by atoms with Gasteiger partial charge in [0.05, 0.1) is 6.61 Å². The van der Waals surface area contributed by atoms with Gasteiger partial charge in [0.2, 0.25) is 11.8 Å². The van der Waals surface area contributed by atoms with Crippen molar-refractivity contribution >= 4 is 17.8 Å². The molecule has 0 bridgehead atoms. The maximum atomic E-state index is 11.3. The number of hydrogen-bond donors (Lipinski definition) is 2. The molecule has 1 fully saturated rings. The molecule has 3 rings (SSSR count). The van der Waals surface area contributed by atoms with Crippen LogP contribution in [0.25, 0.3) is 0 Å². The highest BCUT2D eigenvalue weighted by Crippen LogP contribution is 2.19. The number of carboxylic acids is 2. The van der Waals surface area contributed by atoms with E-state index in [-0.39, 0.29) is 5.91 Å². The number of carboxylic acid groups (broad SMARTS) is 2. The Morgan fingerprint density at radius 1 is 1.07 bits per heavy atom. The molecule has 30 heavy (non-hydrogen) atoms. The first-order valence-corrected chi connectivity index (χ1v) is 10.2. The molecule has 1 amide bonds. The van der Waals surface area contributed by atoms with E-state index in [2.05, 4.69) is 20.7 Å². The number of fused-ring (bicyclic) bond motifs is 1. The number of amides is 1. The molecular weight excluding hydrogens is 392 g/mol. The summed E-state index contributed by atoms with van der Waals surface area (Å²) in [5.74, 6) is -1.55. The summed E-state index contributed by atoms with van der Waals surface area (Å²) in [6.07, 6.45) is 5.72. The van der Waals surface area contributed by atoms with Gasteiger partial charge in [-0.1, -0.05) is 0 Å². The van der Waals surface area contributed by atoms with Crippen molar-refractivity contribution in [1.29, 1.82) is 0 Å². The van der Waals surface area contributed by atoms with Crippen molar-refractivity contribution < 1.29 is 29.3 Å². The molecule has 0 saturated carbocycles. The van der Waals surface area contributed by atoms with Crippen LogP contribution in [0.2, 0.25) is 0 Å². The highest BCUT2D eigenvalue weighted by molar-refractivity contribution is 5.89. The summed E-state index contributed by atoms with van der Waals surface area (Å²) >= 11 is 0. The molecule has 1 aromatic rings. The lowest BCUT2D eigenvalue weighted by Crippen LogP contribution is -2.48. The summed E-state index contributed by atoms with van der Waals surface area (Å²) in [6.45, 7) is 8.06. The molecule has 2 N–H and O–H groups in total. The van der Waals surface area contributed by atoms with E-state index in [1.807, 2.05) is 4.90 Å². The summed E-state index contributed by atoms with van der Waals surface area (Å²) in [5, 5.41) is 20.1. The van der Waals surface area contributed by atoms with E-state index in [1.165, 1.54) is 18.5 Å². The number of aromatic nitrogens is 2. The Bertz CT molecular complexity index is 713. The third-order valence-corrected chi connectivity index (χ3v) is 4.95. The molecule has 2 aliphatic heterocycles. The van der Waals surface area contributed by atoms with Crippen LogP contribution >= 0.6 is 0 Å². The van der Waals surface area contributed by atoms with Crippen LogP contribution < -0.4 is 4.74 Å². The Kier molecular flexibility index (Phi) is 9.33. The molecule has 2 aliphatic rings. The van der Waals surface area contributed by atoms with Crippen LogP contribution in [0.1, 0.15) is 31.9 Å². The van der Waals surface area contributed by atoms with Crippen LogP contribution in [-0.2, 0) is 27.3 Å². The molecule has 1 saturated heterocycles. The second kappa shape index (κ2) is 12.0. The highest BCUT2D eigenvalue weighted by Gasteiger charge is 2.18. The van der Waals surface area contributed by atoms with Gasteiger partial charge in [0.15, 0.2) is 0 Å². The van der Waals surface area contributed by atoms with Crippen molar-refractivity contribution in [2.24, 2.45) is 0 Å². The molecule has 10 heteroatoms. The van der Waals surface area contributed by atoms with Gasteiger partial charge in [-0.2, -0.15) is 0 Å². The molecule has 0 atom stereocenters. The summed E-state index contributed by atoms with van der Waals surface area (Å²) in [6, 6.07) is 2.09. The molecule has 3 heterocycles. The van der Waals surface area contributed by atoms with E-state index in [0.29, 0.717) is 18.8 Å². The van der Waals surface area contributed by atoms with Crippen molar-refractivity contribution in [1.82, 2.24) is 19.6 Å². The largest absolute Gasteiger partial charge is 0.478 e. The topological polar surface area (TPSA) is 125 Å². The molecule has 0 aliphatic carbocycles. The van der Waals surface area contributed by atoms with Crippen molar-refractivity contribution in [2.75, 3.05) is 39.3 Å². The number of carbonyl (C=O) groups excluding carboxylic acids is 1. The maximum Gasteiger partial charge on any atom is 0.328 e. The SMILES string of the molecule is CC(=O)N1CCN(CCCOc2cc3n(n2)CCCC3)CC1.O=C(O)C=CC(=O)O. The standard InChI is InChI=1S/C16H26N4O2.C4H4O4/c1-14(21)19-10-8-18(9-11-19)6-4-12-22-16-13-15-5-2-3-7-20(15)17-16;5-3(6)1-2-4(7)8/h13H,2-12H2,1H3;1-2H,(H,5,6)(H,7,8). The number of aliphatic carboxylic acids is 2. The minimum Gasteiger partial charge on any atom is -0.478 e. The molecule has 0 unspecified atom stereocenters. The summed E-state index contributed by atoms with van der Waals surface area (Å²) in [5.41, 5.74) is 1.31. The van der Waals surface area contributed by atoms with Gasteiger partial charge in [0.25, 0.3) is 0 Å². The average Bonchev–Trinajstić information content (AvgIpc) is 3.13. The second-order valence-electron chi connectivity index (χ2n) is 7.21. The van der Waals surface area contributed by atoms with E-state index in [4.69, 9.17) is 14.9 Å². The fraction of sp³-hybridized carbons (Fsp3) is 0.600. The van der Waals surface area contributed by atoms with Crippen LogP contribution in [-0.4, -0.2) is 87.0 Å². The van der Waals surface area contributed by atoms with Gasteiger partial charge >= 0.3 is 11.9 Å². The summed E-state index contributed by atoms with van der Waals surface area (Å²) in [7, 11) is 0. The monoisotopic (exact) mass is 422 g/mol. The Hall–Kier alpha value is -2.88. The zero-order chi connectivity index (χ0) is 21.9. The number of hydrogen-bond acceptors (Lipinski definition) is 6. The van der Waals surface area contributed by atoms with Gasteiger partial charge in [-0.25, -0.2) is 9.59 Å². The molecule has 0 spiro atoms. The molecule has 0 aromatic carbocycles. The highest BCUT2D eigenvalue weighted by atomic mass is 16.5. The predicted octanol–water partition coefficient (Wildman–Crippen LogP) is 0.864. The predicted molar refractivity (Wildman–Crippen MR) is 108 cm³/mol. The fourth-order valence-electron chi connectivity index (χ4n) is 3.36. The van der Waals surface area contributed by atoms with Crippen LogP contribution in [0, 0.1) is 0 Å². The number of piperazine rings is 1. The first-order chi connectivity index (χ1) is 14.3. The lowest BCUT2D eigenvalue weighted by Gasteiger charge is -2.34. The van der Waals surface area contributed by atoms with Gasteiger partial charge < -0.3 is 19.8 Å². The third-order valence-electron chi connectivity index (χ3n) is 4.95. The van der Waals surface area contributed by atoms with E-state index < -0.39 is 11.9 Å². The van der Waals surface area contributed by atoms with Crippen LogP contribution in [0.15, 0.2) is 18.2 Å². The minimum absolute atomic E-state index is 0.187. The summed E-state index contributed by atoms with van der Waals surface area (Å²) < 4.78 is 7.87. The maximum absolute atomic E-state index is 11.3. The van der Waals surface area contributed by atoms with E-state index in [9.17, 15) is 14.4 Å². The second-order valence-corrected chi connectivity index (χ2v) is 7.21. The smallest absolute Gasteiger partial charge is 0.328 e. The van der Waals surface area contributed by atoms with Gasteiger partial charge in [-0.3, -0.25) is 14.4 Å². The van der Waals surface area contributed by atoms with Crippen molar-refractivity contribution in [3.63, 3.8) is 0 Å². The minimum atomic E-state index is -1.26. The van der Waals surface area contributed by atoms with Crippen molar-refractivity contribution in [3.05, 3.63) is 23.9 Å². The average molecular weight is 422 g/mol. The molecule has 166 valence electrons. The zero-order valence-electron chi connectivity index (χ0n) is 17.3. The normalized spacial score (nSPS) is 16.5. The number of rotatable bonds is 7. The molecule has 10 nitrogen and oxygen atoms in total. The number of ether oxygens (including phenoxy) is 1. The zero-order valence-corrected chi connectivity index (χ0v) is 17.3. The molecule has 0 radical (unpaired) electrons. The summed E-state index contributed by atoms with van der Waals surface area (Å²) in [4.78, 5) is 34.7. The first-order valence-electron chi connectivity index (χ1n) is 10.2. The van der Waals surface area contributed by atoms with E-state index >= 15 is 0 Å². The van der Waals surface area contributed by atoms with Crippen LogP contribution in [0.3, 0.4) is 0 Å². The number of aryl methyl sites for hydroxylation is 2. The Morgan fingerprint density at radius 2 is 1.73 bits per heavy atom. The van der Waals surface area contributed by atoms with Crippen molar-refractivity contribution in [2.45, 2.75) is 39.2 Å². The number of carbonyl (C=O) groups is 3. The van der Waals surface area contributed by atoms with Gasteiger partial charge in [0.1, 0.15) is 0 Å². The van der Waals surface area contributed by atoms with Gasteiger partial charge in [-0.15, -0.1) is 5.10 Å². The third kappa shape index (κ3) is 8.24. The van der Waals surface area contributed by atoms with Gasteiger partial charge in [-0.05, 0) is 25.7 Å². The van der Waals surface area contributed by atoms with Crippen LogP contribution in [0.4, 0.5) is 0 Å². The van der Waals surface area contributed by atoms with Crippen LogP contribution in [0.5, 0.6) is 5.88 Å². The van der Waals surface area contributed by atoms with Gasteiger partial charge in [0, 0.05) is 70.1 Å². The molecule has 1 aromatic heterocycles.